The molecule has 90 valence electrons. The smallest absolute Gasteiger partial charge is 0.225 e. The average Bonchev–Trinajstić information content (AvgIpc) is 2.87. The third-order valence-electron chi connectivity index (χ3n) is 3.53. The lowest BCUT2D eigenvalue weighted by molar-refractivity contribution is 0.0250. The molecule has 0 radical (unpaired) electrons. The molecule has 5 nitrogen and oxygen atoms in total. The highest BCUT2D eigenvalue weighted by atomic mass is 16.5. The molecule has 1 aliphatic heterocycles. The summed E-state index contributed by atoms with van der Waals surface area (Å²) in [5, 5.41) is 0. The molecule has 0 spiro atoms. The lowest BCUT2D eigenvalue weighted by Crippen LogP contribution is -2.49. The van der Waals surface area contributed by atoms with Crippen molar-refractivity contribution in [1.82, 2.24) is 9.97 Å². The predicted octanol–water partition coefficient (Wildman–Crippen LogP) is 1.05. The molecule has 2 unspecified atom stereocenters. The zero-order chi connectivity index (χ0) is 11.7. The van der Waals surface area contributed by atoms with E-state index in [-0.39, 0.29) is 0 Å². The maximum Gasteiger partial charge on any atom is 0.225 e. The van der Waals surface area contributed by atoms with E-state index in [9.17, 15) is 4.79 Å². The van der Waals surface area contributed by atoms with Crippen LogP contribution in [0.1, 0.15) is 29.6 Å². The summed E-state index contributed by atoms with van der Waals surface area (Å²) in [7, 11) is 0. The maximum atomic E-state index is 10.6. The van der Waals surface area contributed by atoms with Crippen molar-refractivity contribution < 1.29 is 9.53 Å². The van der Waals surface area contributed by atoms with Gasteiger partial charge in [-0.2, -0.15) is 0 Å². The predicted molar refractivity (Wildman–Crippen MR) is 62.1 cm³/mol. The van der Waals surface area contributed by atoms with Crippen LogP contribution in [0.4, 0.5) is 5.95 Å². The van der Waals surface area contributed by atoms with Crippen LogP contribution in [0, 0.1) is 0 Å². The molecule has 2 aliphatic rings. The second kappa shape index (κ2) is 4.41. The molecule has 2 fully saturated rings. The highest BCUT2D eigenvalue weighted by molar-refractivity contribution is 5.73. The van der Waals surface area contributed by atoms with Gasteiger partial charge in [-0.25, -0.2) is 9.97 Å². The number of carbonyl (C=O) groups excluding carboxylic acids is 1. The number of rotatable bonds is 2. The molecule has 3 rings (SSSR count). The largest absolute Gasteiger partial charge is 0.374 e. The highest BCUT2D eigenvalue weighted by Gasteiger charge is 2.37. The second-order valence-corrected chi connectivity index (χ2v) is 4.54. The van der Waals surface area contributed by atoms with Gasteiger partial charge in [0.05, 0.1) is 24.3 Å². The summed E-state index contributed by atoms with van der Waals surface area (Å²) in [6.07, 6.45) is 7.73. The van der Waals surface area contributed by atoms with Crippen LogP contribution in [-0.2, 0) is 4.74 Å². The van der Waals surface area contributed by atoms with Crippen molar-refractivity contribution in [2.45, 2.75) is 31.4 Å². The Labute approximate surface area is 99.8 Å². The summed E-state index contributed by atoms with van der Waals surface area (Å²) in [6, 6.07) is 0.408. The number of hydrogen-bond acceptors (Lipinski definition) is 5. The van der Waals surface area contributed by atoms with Gasteiger partial charge in [-0.3, -0.25) is 4.79 Å². The van der Waals surface area contributed by atoms with Crippen LogP contribution in [0.2, 0.25) is 0 Å². The summed E-state index contributed by atoms with van der Waals surface area (Å²) in [4.78, 5) is 21.3. The molecule has 0 aromatic carbocycles. The third-order valence-corrected chi connectivity index (χ3v) is 3.53. The number of ether oxygens (including phenoxy) is 1. The summed E-state index contributed by atoms with van der Waals surface area (Å²) in [5.41, 5.74) is 0.519. The third kappa shape index (κ3) is 1.91. The van der Waals surface area contributed by atoms with E-state index >= 15 is 0 Å². The number of carbonyl (C=O) groups is 1. The van der Waals surface area contributed by atoms with Crippen LogP contribution in [0.15, 0.2) is 12.4 Å². The fraction of sp³-hybridized carbons (Fsp3) is 0.583. The Balaban J connectivity index is 1.83. The molecule has 1 aromatic heterocycles. The van der Waals surface area contributed by atoms with E-state index in [1.807, 2.05) is 0 Å². The van der Waals surface area contributed by atoms with Gasteiger partial charge in [0.1, 0.15) is 0 Å². The second-order valence-electron chi connectivity index (χ2n) is 4.54. The Morgan fingerprint density at radius 1 is 1.35 bits per heavy atom. The first-order chi connectivity index (χ1) is 8.38. The average molecular weight is 233 g/mol. The Morgan fingerprint density at radius 3 is 2.94 bits per heavy atom. The summed E-state index contributed by atoms with van der Waals surface area (Å²) in [5.74, 6) is 0.718. The van der Waals surface area contributed by atoms with Crippen LogP contribution in [-0.4, -0.2) is 41.6 Å². The van der Waals surface area contributed by atoms with E-state index < -0.39 is 0 Å². The normalized spacial score (nSPS) is 27.9. The van der Waals surface area contributed by atoms with Crippen molar-refractivity contribution in [3.8, 4) is 0 Å². The molecule has 1 saturated heterocycles. The first-order valence-corrected chi connectivity index (χ1v) is 6.04. The minimum Gasteiger partial charge on any atom is -0.374 e. The molecule has 5 heteroatoms. The van der Waals surface area contributed by atoms with Gasteiger partial charge in [0.2, 0.25) is 5.95 Å². The topological polar surface area (TPSA) is 55.3 Å². The van der Waals surface area contributed by atoms with Crippen LogP contribution < -0.4 is 4.90 Å². The Morgan fingerprint density at radius 2 is 2.18 bits per heavy atom. The van der Waals surface area contributed by atoms with Crippen LogP contribution in [0.25, 0.3) is 0 Å². The number of anilines is 1. The molecular formula is C12H15N3O2. The summed E-state index contributed by atoms with van der Waals surface area (Å²) in [6.45, 7) is 1.57. The number of fused-ring (bicyclic) bond motifs is 1. The van der Waals surface area contributed by atoms with Gasteiger partial charge in [-0.15, -0.1) is 0 Å². The van der Waals surface area contributed by atoms with E-state index in [0.717, 1.165) is 38.2 Å². The minimum atomic E-state index is 0.332. The SMILES string of the molecule is O=Cc1cnc(N2CCOC3CCCC32)nc1. The fourth-order valence-corrected chi connectivity index (χ4v) is 2.71. The Hall–Kier alpha value is -1.49. The number of hydrogen-bond donors (Lipinski definition) is 0. The molecule has 17 heavy (non-hydrogen) atoms. The monoisotopic (exact) mass is 233 g/mol. The van der Waals surface area contributed by atoms with E-state index in [4.69, 9.17) is 4.74 Å². The van der Waals surface area contributed by atoms with E-state index in [2.05, 4.69) is 14.9 Å². The molecule has 2 heterocycles. The highest BCUT2D eigenvalue weighted by Crippen LogP contribution is 2.31. The molecule has 1 aliphatic carbocycles. The van der Waals surface area contributed by atoms with E-state index in [0.29, 0.717) is 17.7 Å². The van der Waals surface area contributed by atoms with Crippen LogP contribution in [0.5, 0.6) is 0 Å². The number of morpholine rings is 1. The molecule has 2 atom stereocenters. The Kier molecular flexibility index (Phi) is 2.76. The number of nitrogens with zero attached hydrogens (tertiary/aromatic N) is 3. The maximum absolute atomic E-state index is 10.6. The van der Waals surface area contributed by atoms with Gasteiger partial charge in [0.25, 0.3) is 0 Å². The van der Waals surface area contributed by atoms with Gasteiger partial charge in [-0.05, 0) is 19.3 Å². The Bertz CT molecular complexity index is 407. The van der Waals surface area contributed by atoms with Crippen molar-refractivity contribution >= 4 is 12.2 Å². The van der Waals surface area contributed by atoms with Gasteiger partial charge < -0.3 is 9.64 Å². The van der Waals surface area contributed by atoms with Crippen molar-refractivity contribution in [1.29, 1.82) is 0 Å². The van der Waals surface area contributed by atoms with Crippen molar-refractivity contribution in [3.63, 3.8) is 0 Å². The van der Waals surface area contributed by atoms with Gasteiger partial charge in [0, 0.05) is 18.9 Å². The minimum absolute atomic E-state index is 0.332. The standard InChI is InChI=1S/C12H15N3O2/c16-8-9-6-13-12(14-7-9)15-4-5-17-11-3-1-2-10(11)15/h6-8,10-11H,1-5H2. The first kappa shape index (κ1) is 10.7. The van der Waals surface area contributed by atoms with Gasteiger partial charge in [0.15, 0.2) is 6.29 Å². The van der Waals surface area contributed by atoms with E-state index in [1.54, 1.807) is 12.4 Å². The quantitative estimate of drug-likeness (QED) is 0.714. The molecule has 0 N–H and O–H groups in total. The van der Waals surface area contributed by atoms with Crippen molar-refractivity contribution in [3.05, 3.63) is 18.0 Å². The molecule has 1 aromatic rings. The van der Waals surface area contributed by atoms with Crippen LogP contribution in [0.3, 0.4) is 0 Å². The molecule has 0 bridgehead atoms. The fourth-order valence-electron chi connectivity index (χ4n) is 2.71. The number of aromatic nitrogens is 2. The zero-order valence-electron chi connectivity index (χ0n) is 9.58. The molecule has 0 amide bonds. The first-order valence-electron chi connectivity index (χ1n) is 6.04. The van der Waals surface area contributed by atoms with Gasteiger partial charge in [-0.1, -0.05) is 0 Å². The van der Waals surface area contributed by atoms with Crippen LogP contribution >= 0.6 is 0 Å². The molecular weight excluding hydrogens is 218 g/mol. The van der Waals surface area contributed by atoms with Crippen molar-refractivity contribution in [2.24, 2.45) is 0 Å². The lowest BCUT2D eigenvalue weighted by atomic mass is 10.1. The van der Waals surface area contributed by atoms with E-state index in [1.165, 1.54) is 6.42 Å². The summed E-state index contributed by atoms with van der Waals surface area (Å²) >= 11 is 0. The van der Waals surface area contributed by atoms with Gasteiger partial charge >= 0.3 is 0 Å². The zero-order valence-corrected chi connectivity index (χ0v) is 9.58. The van der Waals surface area contributed by atoms with Crippen molar-refractivity contribution in [2.75, 3.05) is 18.1 Å². The summed E-state index contributed by atoms with van der Waals surface area (Å²) < 4.78 is 5.75. The lowest BCUT2D eigenvalue weighted by Gasteiger charge is -2.37. The number of aldehydes is 1. The molecule has 1 saturated carbocycles.